The number of nitrogens with one attached hydrogen (secondary N) is 1. The van der Waals surface area contributed by atoms with Crippen molar-refractivity contribution < 1.29 is 0 Å². The Morgan fingerprint density at radius 3 is 2.94 bits per heavy atom. The zero-order valence-electron chi connectivity index (χ0n) is 9.07. The fraction of sp³-hybridized carbons (Fsp3) is 0.273. The van der Waals surface area contributed by atoms with Crippen LogP contribution in [-0.4, -0.2) is 9.97 Å². The lowest BCUT2D eigenvalue weighted by Gasteiger charge is -2.12. The van der Waals surface area contributed by atoms with Crippen LogP contribution in [-0.2, 0) is 0 Å². The first-order valence-corrected chi connectivity index (χ1v) is 6.21. The van der Waals surface area contributed by atoms with E-state index < -0.39 is 0 Å². The predicted molar refractivity (Wildman–Crippen MR) is 68.1 cm³/mol. The van der Waals surface area contributed by atoms with E-state index in [1.165, 1.54) is 0 Å². The second kappa shape index (κ2) is 4.80. The van der Waals surface area contributed by atoms with Crippen LogP contribution >= 0.6 is 22.9 Å². The number of hydrogen-bond acceptors (Lipinski definition) is 4. The van der Waals surface area contributed by atoms with Crippen molar-refractivity contribution in [3.8, 4) is 0 Å². The van der Waals surface area contributed by atoms with Gasteiger partial charge in [0.1, 0.15) is 5.15 Å². The van der Waals surface area contributed by atoms with E-state index in [9.17, 15) is 0 Å². The fourth-order valence-corrected chi connectivity index (χ4v) is 2.28. The summed E-state index contributed by atoms with van der Waals surface area (Å²) in [5, 5.41) is 6.97. The molecule has 0 aliphatic carbocycles. The van der Waals surface area contributed by atoms with Gasteiger partial charge in [0.25, 0.3) is 0 Å². The molecule has 0 spiro atoms. The van der Waals surface area contributed by atoms with Crippen molar-refractivity contribution in [1.82, 2.24) is 9.97 Å². The summed E-state index contributed by atoms with van der Waals surface area (Å²) < 4.78 is 0. The first kappa shape index (κ1) is 11.4. The number of aromatic nitrogens is 2. The van der Waals surface area contributed by atoms with Crippen molar-refractivity contribution in [1.29, 1.82) is 0 Å². The average Bonchev–Trinajstić information content (AvgIpc) is 2.65. The van der Waals surface area contributed by atoms with Crippen LogP contribution in [0, 0.1) is 6.92 Å². The number of aryl methyl sites for hydroxylation is 1. The molecule has 16 heavy (non-hydrogen) atoms. The van der Waals surface area contributed by atoms with Crippen LogP contribution in [0.25, 0.3) is 0 Å². The molecule has 0 radical (unpaired) electrons. The van der Waals surface area contributed by atoms with Gasteiger partial charge in [-0.25, -0.2) is 9.97 Å². The Bertz CT molecular complexity index is 484. The molecule has 3 nitrogen and oxygen atoms in total. The number of anilines is 1. The van der Waals surface area contributed by atoms with Crippen LogP contribution in [0.2, 0.25) is 5.15 Å². The third-order valence-electron chi connectivity index (χ3n) is 2.19. The molecule has 0 amide bonds. The predicted octanol–water partition coefficient (Wildman–Crippen LogP) is 3.67. The number of nitrogens with zero attached hydrogens (tertiary/aromatic N) is 2. The standard InChI is InChI=1S/C11H12ClN3S/c1-7(10-6-16-8(2)15-10)14-9-3-4-13-11(12)5-9/h3-7H,1-2H3,(H,13,14). The van der Waals surface area contributed by atoms with Crippen LogP contribution in [0.1, 0.15) is 23.7 Å². The Morgan fingerprint density at radius 2 is 2.31 bits per heavy atom. The molecule has 0 aliphatic rings. The number of rotatable bonds is 3. The lowest BCUT2D eigenvalue weighted by molar-refractivity contribution is 0.845. The summed E-state index contributed by atoms with van der Waals surface area (Å²) in [6.45, 7) is 4.08. The Kier molecular flexibility index (Phi) is 3.41. The topological polar surface area (TPSA) is 37.8 Å². The molecule has 1 unspecified atom stereocenters. The van der Waals surface area contributed by atoms with Gasteiger partial charge < -0.3 is 5.32 Å². The van der Waals surface area contributed by atoms with E-state index >= 15 is 0 Å². The van der Waals surface area contributed by atoms with Crippen molar-refractivity contribution in [2.24, 2.45) is 0 Å². The van der Waals surface area contributed by atoms with E-state index in [1.54, 1.807) is 23.6 Å². The highest BCUT2D eigenvalue weighted by atomic mass is 35.5. The summed E-state index contributed by atoms with van der Waals surface area (Å²) in [5.74, 6) is 0. The number of halogens is 1. The summed E-state index contributed by atoms with van der Waals surface area (Å²) in [6, 6.07) is 3.86. The Morgan fingerprint density at radius 1 is 1.50 bits per heavy atom. The van der Waals surface area contributed by atoms with Gasteiger partial charge in [-0.3, -0.25) is 0 Å². The lowest BCUT2D eigenvalue weighted by atomic mass is 10.2. The van der Waals surface area contributed by atoms with E-state index in [0.29, 0.717) is 5.15 Å². The maximum Gasteiger partial charge on any atom is 0.131 e. The van der Waals surface area contributed by atoms with Crippen LogP contribution in [0.15, 0.2) is 23.7 Å². The molecule has 1 N–H and O–H groups in total. The maximum atomic E-state index is 5.81. The number of hydrogen-bond donors (Lipinski definition) is 1. The van der Waals surface area contributed by atoms with E-state index in [1.807, 2.05) is 13.0 Å². The summed E-state index contributed by atoms with van der Waals surface area (Å²) in [7, 11) is 0. The Hall–Kier alpha value is -1.13. The van der Waals surface area contributed by atoms with Gasteiger partial charge in [0, 0.05) is 17.3 Å². The Balaban J connectivity index is 2.10. The van der Waals surface area contributed by atoms with Crippen LogP contribution < -0.4 is 5.32 Å². The molecule has 0 fully saturated rings. The zero-order valence-corrected chi connectivity index (χ0v) is 10.6. The molecule has 2 aromatic rings. The first-order valence-electron chi connectivity index (χ1n) is 4.95. The van der Waals surface area contributed by atoms with Gasteiger partial charge in [-0.2, -0.15) is 0 Å². The number of thiazole rings is 1. The first-order chi connectivity index (χ1) is 7.65. The SMILES string of the molecule is Cc1nc(C(C)Nc2ccnc(Cl)c2)cs1. The van der Waals surface area contributed by atoms with Crippen molar-refractivity contribution in [3.63, 3.8) is 0 Å². The second-order valence-electron chi connectivity index (χ2n) is 3.52. The highest BCUT2D eigenvalue weighted by Crippen LogP contribution is 2.21. The molecule has 0 aliphatic heterocycles. The zero-order chi connectivity index (χ0) is 11.5. The molecule has 0 bridgehead atoms. The molecule has 0 saturated carbocycles. The Labute approximate surface area is 104 Å². The highest BCUT2D eigenvalue weighted by molar-refractivity contribution is 7.09. The summed E-state index contributed by atoms with van der Waals surface area (Å²) in [4.78, 5) is 8.37. The van der Waals surface area contributed by atoms with Gasteiger partial charge >= 0.3 is 0 Å². The quantitative estimate of drug-likeness (QED) is 0.848. The monoisotopic (exact) mass is 253 g/mol. The van der Waals surface area contributed by atoms with Crippen LogP contribution in [0.5, 0.6) is 0 Å². The van der Waals surface area contributed by atoms with E-state index in [-0.39, 0.29) is 6.04 Å². The van der Waals surface area contributed by atoms with Crippen molar-refractivity contribution >= 4 is 28.6 Å². The molecule has 2 rings (SSSR count). The number of pyridine rings is 1. The van der Waals surface area contributed by atoms with Crippen molar-refractivity contribution in [2.45, 2.75) is 19.9 Å². The highest BCUT2D eigenvalue weighted by Gasteiger charge is 2.08. The van der Waals surface area contributed by atoms with Gasteiger partial charge in [0.05, 0.1) is 16.7 Å². The largest absolute Gasteiger partial charge is 0.377 e. The van der Waals surface area contributed by atoms with Gasteiger partial charge in [0.15, 0.2) is 0 Å². The summed E-state index contributed by atoms with van der Waals surface area (Å²) in [6.07, 6.45) is 1.68. The fourth-order valence-electron chi connectivity index (χ4n) is 1.40. The molecule has 0 saturated heterocycles. The van der Waals surface area contributed by atoms with Crippen molar-refractivity contribution in [2.75, 3.05) is 5.32 Å². The molecule has 0 aromatic carbocycles. The van der Waals surface area contributed by atoms with Gasteiger partial charge in [-0.1, -0.05) is 11.6 Å². The summed E-state index contributed by atoms with van der Waals surface area (Å²) in [5.41, 5.74) is 2.01. The molecule has 84 valence electrons. The van der Waals surface area contributed by atoms with Crippen LogP contribution in [0.4, 0.5) is 5.69 Å². The van der Waals surface area contributed by atoms with Gasteiger partial charge in [0.2, 0.25) is 0 Å². The smallest absolute Gasteiger partial charge is 0.131 e. The third-order valence-corrected chi connectivity index (χ3v) is 3.19. The molecule has 5 heteroatoms. The van der Waals surface area contributed by atoms with Crippen molar-refractivity contribution in [3.05, 3.63) is 39.6 Å². The minimum Gasteiger partial charge on any atom is -0.377 e. The lowest BCUT2D eigenvalue weighted by Crippen LogP contribution is -2.07. The van der Waals surface area contributed by atoms with E-state index in [0.717, 1.165) is 16.4 Å². The van der Waals surface area contributed by atoms with E-state index in [2.05, 4.69) is 27.6 Å². The maximum absolute atomic E-state index is 5.81. The minimum absolute atomic E-state index is 0.170. The molecular weight excluding hydrogens is 242 g/mol. The normalized spacial score (nSPS) is 12.4. The second-order valence-corrected chi connectivity index (χ2v) is 4.97. The third kappa shape index (κ3) is 2.71. The average molecular weight is 254 g/mol. The molecule has 1 atom stereocenters. The van der Waals surface area contributed by atoms with Gasteiger partial charge in [-0.05, 0) is 26.0 Å². The molecular formula is C11H12ClN3S. The minimum atomic E-state index is 0.170. The molecule has 2 heterocycles. The summed E-state index contributed by atoms with van der Waals surface area (Å²) >= 11 is 7.47. The van der Waals surface area contributed by atoms with Gasteiger partial charge in [-0.15, -0.1) is 11.3 Å². The van der Waals surface area contributed by atoms with Crippen LogP contribution in [0.3, 0.4) is 0 Å². The molecule has 2 aromatic heterocycles. The van der Waals surface area contributed by atoms with E-state index in [4.69, 9.17) is 11.6 Å².